The molecule has 4 rings (SSSR count). The van der Waals surface area contributed by atoms with E-state index in [9.17, 15) is 4.79 Å². The fraction of sp³-hybridized carbons (Fsp3) is 0.0870. The van der Waals surface area contributed by atoms with E-state index in [-0.39, 0.29) is 5.56 Å². The number of hydrogen-bond acceptors (Lipinski definition) is 1. The van der Waals surface area contributed by atoms with Crippen LogP contribution in [0.3, 0.4) is 0 Å². The van der Waals surface area contributed by atoms with Crippen LogP contribution in [0.2, 0.25) is 0 Å². The molecular weight excluding hydrogens is 306 g/mol. The Kier molecular flexibility index (Phi) is 3.95. The molecule has 0 saturated carbocycles. The topological polar surface area (TPSA) is 22.0 Å². The van der Waals surface area contributed by atoms with E-state index in [2.05, 4.69) is 49.4 Å². The van der Waals surface area contributed by atoms with Gasteiger partial charge in [0.25, 0.3) is 5.56 Å². The molecule has 2 heteroatoms. The number of aromatic nitrogens is 1. The van der Waals surface area contributed by atoms with Gasteiger partial charge in [-0.1, -0.05) is 78.4 Å². The molecule has 0 fully saturated rings. The molecular formula is C23H19NO. The predicted octanol–water partition coefficient (Wildman–Crippen LogP) is 5.03. The van der Waals surface area contributed by atoms with E-state index in [4.69, 9.17) is 0 Å². The van der Waals surface area contributed by atoms with Crippen molar-refractivity contribution in [1.82, 2.24) is 4.57 Å². The Hall–Kier alpha value is -3.13. The molecule has 1 heterocycles. The van der Waals surface area contributed by atoms with Crippen LogP contribution in [0, 0.1) is 6.92 Å². The summed E-state index contributed by atoms with van der Waals surface area (Å²) >= 11 is 0. The van der Waals surface area contributed by atoms with Crippen LogP contribution in [0.1, 0.15) is 11.1 Å². The van der Waals surface area contributed by atoms with E-state index < -0.39 is 0 Å². The SMILES string of the molecule is Cc1ccc(-c2cc(=O)n(Cc3ccccc3)c3ccccc23)cc1. The molecule has 0 atom stereocenters. The monoisotopic (exact) mass is 325 g/mol. The van der Waals surface area contributed by atoms with Gasteiger partial charge in [-0.05, 0) is 29.7 Å². The third-order valence-corrected chi connectivity index (χ3v) is 4.56. The Morgan fingerprint density at radius 3 is 2.24 bits per heavy atom. The summed E-state index contributed by atoms with van der Waals surface area (Å²) in [4.78, 5) is 12.9. The molecule has 3 aromatic carbocycles. The second-order valence-electron chi connectivity index (χ2n) is 6.35. The maximum Gasteiger partial charge on any atom is 0.251 e. The molecule has 25 heavy (non-hydrogen) atoms. The Morgan fingerprint density at radius 1 is 0.800 bits per heavy atom. The third kappa shape index (κ3) is 2.99. The van der Waals surface area contributed by atoms with Gasteiger partial charge >= 0.3 is 0 Å². The number of benzene rings is 3. The fourth-order valence-electron chi connectivity index (χ4n) is 3.24. The summed E-state index contributed by atoms with van der Waals surface area (Å²) in [6.07, 6.45) is 0. The lowest BCUT2D eigenvalue weighted by atomic mass is 10.00. The molecule has 4 aromatic rings. The number of aryl methyl sites for hydroxylation is 1. The smallest absolute Gasteiger partial charge is 0.251 e. The van der Waals surface area contributed by atoms with Crippen LogP contribution < -0.4 is 5.56 Å². The largest absolute Gasteiger partial charge is 0.304 e. The number of nitrogens with zero attached hydrogens (tertiary/aromatic N) is 1. The van der Waals surface area contributed by atoms with Crippen molar-refractivity contribution in [2.24, 2.45) is 0 Å². The molecule has 0 saturated heterocycles. The first-order valence-corrected chi connectivity index (χ1v) is 8.46. The molecule has 0 radical (unpaired) electrons. The van der Waals surface area contributed by atoms with Crippen molar-refractivity contribution in [3.63, 3.8) is 0 Å². The number of rotatable bonds is 3. The van der Waals surface area contributed by atoms with Crippen LogP contribution in [0.4, 0.5) is 0 Å². The predicted molar refractivity (Wildman–Crippen MR) is 104 cm³/mol. The van der Waals surface area contributed by atoms with Gasteiger partial charge in [0, 0.05) is 11.5 Å². The average molecular weight is 325 g/mol. The van der Waals surface area contributed by atoms with Crippen LogP contribution >= 0.6 is 0 Å². The van der Waals surface area contributed by atoms with Gasteiger partial charge in [0.05, 0.1) is 12.1 Å². The van der Waals surface area contributed by atoms with E-state index in [0.717, 1.165) is 27.6 Å². The highest BCUT2D eigenvalue weighted by atomic mass is 16.1. The minimum absolute atomic E-state index is 0.0260. The normalized spacial score (nSPS) is 10.9. The van der Waals surface area contributed by atoms with E-state index >= 15 is 0 Å². The second kappa shape index (κ2) is 6.40. The first-order chi connectivity index (χ1) is 12.2. The van der Waals surface area contributed by atoms with Gasteiger partial charge in [0.1, 0.15) is 0 Å². The van der Waals surface area contributed by atoms with Crippen LogP contribution in [0.5, 0.6) is 0 Å². The summed E-state index contributed by atoms with van der Waals surface area (Å²) in [5.41, 5.74) is 5.39. The molecule has 0 amide bonds. The summed E-state index contributed by atoms with van der Waals surface area (Å²) < 4.78 is 1.85. The van der Waals surface area contributed by atoms with Crippen LogP contribution in [-0.4, -0.2) is 4.57 Å². The van der Waals surface area contributed by atoms with Crippen LogP contribution in [-0.2, 0) is 6.54 Å². The molecule has 2 nitrogen and oxygen atoms in total. The van der Waals surface area contributed by atoms with Gasteiger partial charge in [-0.2, -0.15) is 0 Å². The van der Waals surface area contributed by atoms with E-state index in [1.807, 2.05) is 41.0 Å². The lowest BCUT2D eigenvalue weighted by Crippen LogP contribution is -2.20. The van der Waals surface area contributed by atoms with Crippen molar-refractivity contribution in [3.05, 3.63) is 106 Å². The van der Waals surface area contributed by atoms with Crippen molar-refractivity contribution in [1.29, 1.82) is 0 Å². The lowest BCUT2D eigenvalue weighted by Gasteiger charge is -2.14. The molecule has 0 N–H and O–H groups in total. The zero-order valence-electron chi connectivity index (χ0n) is 14.1. The minimum Gasteiger partial charge on any atom is -0.304 e. The summed E-state index contributed by atoms with van der Waals surface area (Å²) in [6, 6.07) is 28.3. The summed E-state index contributed by atoms with van der Waals surface area (Å²) in [5, 5.41) is 1.10. The minimum atomic E-state index is 0.0260. The highest BCUT2D eigenvalue weighted by Crippen LogP contribution is 2.27. The average Bonchev–Trinajstić information content (AvgIpc) is 2.65. The number of hydrogen-bond donors (Lipinski definition) is 0. The van der Waals surface area contributed by atoms with Crippen molar-refractivity contribution in [2.75, 3.05) is 0 Å². The molecule has 0 bridgehead atoms. The van der Waals surface area contributed by atoms with Gasteiger partial charge in [0.15, 0.2) is 0 Å². The van der Waals surface area contributed by atoms with Gasteiger partial charge in [-0.3, -0.25) is 4.79 Å². The molecule has 0 aliphatic heterocycles. The Labute approximate surface area is 147 Å². The number of fused-ring (bicyclic) bond motifs is 1. The van der Waals surface area contributed by atoms with Crippen molar-refractivity contribution >= 4 is 10.9 Å². The Morgan fingerprint density at radius 2 is 1.48 bits per heavy atom. The molecule has 0 aliphatic rings. The Balaban J connectivity index is 1.92. The molecule has 122 valence electrons. The first kappa shape index (κ1) is 15.4. The maximum absolute atomic E-state index is 12.9. The zero-order valence-corrected chi connectivity index (χ0v) is 14.1. The molecule has 0 aliphatic carbocycles. The number of pyridine rings is 1. The summed E-state index contributed by atoms with van der Waals surface area (Å²) in [5.74, 6) is 0. The molecule has 1 aromatic heterocycles. The fourth-order valence-corrected chi connectivity index (χ4v) is 3.24. The quantitative estimate of drug-likeness (QED) is 0.518. The first-order valence-electron chi connectivity index (χ1n) is 8.46. The van der Waals surface area contributed by atoms with E-state index in [0.29, 0.717) is 6.54 Å². The van der Waals surface area contributed by atoms with Crippen LogP contribution in [0.15, 0.2) is 89.7 Å². The van der Waals surface area contributed by atoms with Crippen molar-refractivity contribution in [2.45, 2.75) is 13.5 Å². The molecule has 0 spiro atoms. The second-order valence-corrected chi connectivity index (χ2v) is 6.35. The van der Waals surface area contributed by atoms with Gasteiger partial charge in [-0.15, -0.1) is 0 Å². The lowest BCUT2D eigenvalue weighted by molar-refractivity contribution is 0.795. The highest BCUT2D eigenvalue weighted by Gasteiger charge is 2.10. The van der Waals surface area contributed by atoms with Gasteiger partial charge < -0.3 is 4.57 Å². The van der Waals surface area contributed by atoms with Gasteiger partial charge in [-0.25, -0.2) is 0 Å². The highest BCUT2D eigenvalue weighted by molar-refractivity contribution is 5.94. The van der Waals surface area contributed by atoms with Crippen molar-refractivity contribution in [3.8, 4) is 11.1 Å². The standard InChI is InChI=1S/C23H19NO/c1-17-11-13-19(14-12-17)21-15-23(25)24(16-18-7-3-2-4-8-18)22-10-6-5-9-20(21)22/h2-15H,16H2,1H3. The third-order valence-electron chi connectivity index (χ3n) is 4.56. The molecule has 0 unspecified atom stereocenters. The van der Waals surface area contributed by atoms with E-state index in [1.54, 1.807) is 6.07 Å². The van der Waals surface area contributed by atoms with Gasteiger partial charge in [0.2, 0.25) is 0 Å². The summed E-state index contributed by atoms with van der Waals surface area (Å²) in [6.45, 7) is 2.65. The van der Waals surface area contributed by atoms with Crippen molar-refractivity contribution < 1.29 is 0 Å². The number of para-hydroxylation sites is 1. The maximum atomic E-state index is 12.9. The Bertz CT molecular complexity index is 1080. The van der Waals surface area contributed by atoms with E-state index in [1.165, 1.54) is 5.56 Å². The zero-order chi connectivity index (χ0) is 17.2. The summed E-state index contributed by atoms with van der Waals surface area (Å²) in [7, 11) is 0. The van der Waals surface area contributed by atoms with Crippen LogP contribution in [0.25, 0.3) is 22.0 Å².